The van der Waals surface area contributed by atoms with Crippen molar-refractivity contribution in [1.29, 1.82) is 0 Å². The molecule has 126 valence electrons. The minimum atomic E-state index is -0.0792. The molecule has 7 heteroatoms. The predicted molar refractivity (Wildman–Crippen MR) is 91.4 cm³/mol. The lowest BCUT2D eigenvalue weighted by Crippen LogP contribution is -2.05. The maximum atomic E-state index is 11.6. The Morgan fingerprint density at radius 1 is 1.17 bits per heavy atom. The van der Waals surface area contributed by atoms with Crippen LogP contribution in [0.5, 0.6) is 0 Å². The number of rotatable bonds is 11. The predicted octanol–water partition coefficient (Wildman–Crippen LogP) is 3.74. The number of esters is 1. The van der Waals surface area contributed by atoms with Crippen LogP contribution < -0.4 is 0 Å². The van der Waals surface area contributed by atoms with Crippen LogP contribution in [0.25, 0.3) is 11.2 Å². The molecular weight excluding hydrogens is 312 g/mol. The molecule has 0 aliphatic rings. The van der Waals surface area contributed by atoms with Crippen molar-refractivity contribution in [2.45, 2.75) is 56.9 Å². The molecule has 0 bridgehead atoms. The Kier molecular flexibility index (Phi) is 7.86. The third-order valence-electron chi connectivity index (χ3n) is 3.46. The molecule has 0 aliphatic heterocycles. The average Bonchev–Trinajstić information content (AvgIpc) is 3.04. The fourth-order valence-electron chi connectivity index (χ4n) is 2.18. The van der Waals surface area contributed by atoms with Gasteiger partial charge in [0.2, 0.25) is 0 Å². The smallest absolute Gasteiger partial charge is 0.305 e. The first-order valence-electron chi connectivity index (χ1n) is 8.23. The van der Waals surface area contributed by atoms with Crippen LogP contribution in [-0.4, -0.2) is 38.3 Å². The number of thioether (sulfide) groups is 1. The number of hydrogen-bond acceptors (Lipinski definition) is 6. The summed E-state index contributed by atoms with van der Waals surface area (Å²) >= 11 is 1.66. The third-order valence-corrected chi connectivity index (χ3v) is 4.54. The number of unbranched alkanes of at least 4 members (excludes halogenated alkanes) is 4. The maximum Gasteiger partial charge on any atom is 0.305 e. The first kappa shape index (κ1) is 17.7. The first-order valence-corrected chi connectivity index (χ1v) is 9.22. The van der Waals surface area contributed by atoms with E-state index in [1.54, 1.807) is 18.1 Å². The van der Waals surface area contributed by atoms with Gasteiger partial charge in [-0.3, -0.25) is 4.79 Å². The number of aromatic amines is 1. The molecule has 2 heterocycles. The topological polar surface area (TPSA) is 80.8 Å². The van der Waals surface area contributed by atoms with E-state index in [1.165, 1.54) is 19.2 Å². The Labute approximate surface area is 140 Å². The Morgan fingerprint density at radius 2 is 2.09 bits per heavy atom. The zero-order valence-corrected chi connectivity index (χ0v) is 14.4. The van der Waals surface area contributed by atoms with Gasteiger partial charge in [0.05, 0.1) is 12.9 Å². The molecule has 0 saturated carbocycles. The molecule has 0 aromatic carbocycles. The number of fused-ring (bicyclic) bond motifs is 1. The van der Waals surface area contributed by atoms with Crippen LogP contribution >= 0.6 is 11.8 Å². The Balaban J connectivity index is 1.55. The zero-order chi connectivity index (χ0) is 16.3. The summed E-state index contributed by atoms with van der Waals surface area (Å²) in [5.41, 5.74) is 1.57. The highest BCUT2D eigenvalue weighted by atomic mass is 32.2. The largest absolute Gasteiger partial charge is 0.466 e. The summed E-state index contributed by atoms with van der Waals surface area (Å²) in [5, 5.41) is 0.908. The molecule has 2 aromatic heterocycles. The standard InChI is InChI=1S/C16H24N4O2S/c1-2-3-4-6-9-22-13(21)8-5-7-10-23-16-14-15(18-11-17-14)19-12-20-16/h11-12H,2-10H2,1H3,(H,17,18,19,20). The van der Waals surface area contributed by atoms with Crippen molar-refractivity contribution in [2.75, 3.05) is 12.4 Å². The van der Waals surface area contributed by atoms with Crippen LogP contribution in [0.1, 0.15) is 51.9 Å². The normalized spacial score (nSPS) is 11.0. The van der Waals surface area contributed by atoms with Crippen molar-refractivity contribution in [3.05, 3.63) is 12.7 Å². The molecule has 0 spiro atoms. The molecule has 0 radical (unpaired) electrons. The SMILES string of the molecule is CCCCCCOC(=O)CCCCSc1ncnc2nc[nH]c12. The molecule has 0 fully saturated rings. The summed E-state index contributed by atoms with van der Waals surface area (Å²) in [4.78, 5) is 27.1. The molecule has 2 aromatic rings. The Hall–Kier alpha value is -1.63. The number of nitrogens with zero attached hydrogens (tertiary/aromatic N) is 3. The lowest BCUT2D eigenvalue weighted by Gasteiger charge is -2.05. The number of nitrogens with one attached hydrogen (secondary N) is 1. The molecule has 1 N–H and O–H groups in total. The fraction of sp³-hybridized carbons (Fsp3) is 0.625. The van der Waals surface area contributed by atoms with Crippen LogP contribution in [0, 0.1) is 0 Å². The highest BCUT2D eigenvalue weighted by Gasteiger charge is 2.07. The second kappa shape index (κ2) is 10.2. The minimum Gasteiger partial charge on any atom is -0.466 e. The van der Waals surface area contributed by atoms with E-state index in [2.05, 4.69) is 26.9 Å². The van der Waals surface area contributed by atoms with Gasteiger partial charge in [0, 0.05) is 6.42 Å². The quantitative estimate of drug-likeness (QED) is 0.291. The van der Waals surface area contributed by atoms with Gasteiger partial charge in [-0.1, -0.05) is 26.2 Å². The van der Waals surface area contributed by atoms with Crippen LogP contribution in [0.2, 0.25) is 0 Å². The van der Waals surface area contributed by atoms with Gasteiger partial charge in [-0.25, -0.2) is 15.0 Å². The second-order valence-corrected chi connectivity index (χ2v) is 6.45. The molecular formula is C16H24N4O2S. The lowest BCUT2D eigenvalue weighted by molar-refractivity contribution is -0.143. The summed E-state index contributed by atoms with van der Waals surface area (Å²) in [6, 6.07) is 0. The fourth-order valence-corrected chi connectivity index (χ4v) is 3.14. The zero-order valence-electron chi connectivity index (χ0n) is 13.6. The number of aromatic nitrogens is 4. The van der Waals surface area contributed by atoms with Crippen LogP contribution in [0.4, 0.5) is 0 Å². The Morgan fingerprint density at radius 3 is 2.96 bits per heavy atom. The van der Waals surface area contributed by atoms with Crippen molar-refractivity contribution < 1.29 is 9.53 Å². The van der Waals surface area contributed by atoms with Gasteiger partial charge in [0.1, 0.15) is 16.9 Å². The summed E-state index contributed by atoms with van der Waals surface area (Å²) in [5.74, 6) is 0.832. The van der Waals surface area contributed by atoms with E-state index in [4.69, 9.17) is 4.74 Å². The van der Waals surface area contributed by atoms with Crippen molar-refractivity contribution in [3.63, 3.8) is 0 Å². The average molecular weight is 336 g/mol. The number of ether oxygens (including phenoxy) is 1. The van der Waals surface area contributed by atoms with Crippen LogP contribution in [-0.2, 0) is 9.53 Å². The summed E-state index contributed by atoms with van der Waals surface area (Å²) in [7, 11) is 0. The van der Waals surface area contributed by atoms with E-state index < -0.39 is 0 Å². The maximum absolute atomic E-state index is 11.6. The molecule has 0 saturated heterocycles. The van der Waals surface area contributed by atoms with E-state index >= 15 is 0 Å². The monoisotopic (exact) mass is 336 g/mol. The van der Waals surface area contributed by atoms with E-state index in [0.717, 1.165) is 42.0 Å². The number of imidazole rings is 1. The number of H-pyrrole nitrogens is 1. The van der Waals surface area contributed by atoms with Gasteiger partial charge < -0.3 is 9.72 Å². The molecule has 0 atom stereocenters. The van der Waals surface area contributed by atoms with Crippen molar-refractivity contribution >= 4 is 28.9 Å². The van der Waals surface area contributed by atoms with Crippen molar-refractivity contribution in [1.82, 2.24) is 19.9 Å². The highest BCUT2D eigenvalue weighted by Crippen LogP contribution is 2.22. The first-order chi connectivity index (χ1) is 11.3. The lowest BCUT2D eigenvalue weighted by atomic mass is 10.2. The van der Waals surface area contributed by atoms with Gasteiger partial charge in [-0.15, -0.1) is 11.8 Å². The van der Waals surface area contributed by atoms with Gasteiger partial charge >= 0.3 is 5.97 Å². The molecule has 0 amide bonds. The van der Waals surface area contributed by atoms with E-state index in [1.807, 2.05) is 0 Å². The molecule has 23 heavy (non-hydrogen) atoms. The third kappa shape index (κ3) is 6.17. The van der Waals surface area contributed by atoms with Crippen LogP contribution in [0.15, 0.2) is 17.7 Å². The molecule has 2 rings (SSSR count). The number of carbonyl (C=O) groups is 1. The molecule has 0 unspecified atom stereocenters. The van der Waals surface area contributed by atoms with Crippen molar-refractivity contribution in [3.8, 4) is 0 Å². The highest BCUT2D eigenvalue weighted by molar-refractivity contribution is 7.99. The molecule has 0 aliphatic carbocycles. The van der Waals surface area contributed by atoms with E-state index in [9.17, 15) is 4.79 Å². The summed E-state index contributed by atoms with van der Waals surface area (Å²) < 4.78 is 5.22. The van der Waals surface area contributed by atoms with Gasteiger partial charge in [-0.2, -0.15) is 0 Å². The van der Waals surface area contributed by atoms with E-state index in [-0.39, 0.29) is 5.97 Å². The van der Waals surface area contributed by atoms with E-state index in [0.29, 0.717) is 18.7 Å². The Bertz CT molecular complexity index is 603. The minimum absolute atomic E-state index is 0.0792. The van der Waals surface area contributed by atoms with Gasteiger partial charge in [-0.05, 0) is 25.0 Å². The second-order valence-electron chi connectivity index (χ2n) is 5.37. The van der Waals surface area contributed by atoms with Crippen molar-refractivity contribution in [2.24, 2.45) is 0 Å². The van der Waals surface area contributed by atoms with Gasteiger partial charge in [0.15, 0.2) is 5.65 Å². The summed E-state index contributed by atoms with van der Waals surface area (Å²) in [6.45, 7) is 2.73. The van der Waals surface area contributed by atoms with Crippen LogP contribution in [0.3, 0.4) is 0 Å². The van der Waals surface area contributed by atoms with Gasteiger partial charge in [0.25, 0.3) is 0 Å². The molecule has 6 nitrogen and oxygen atoms in total. The number of hydrogen-bond donors (Lipinski definition) is 1. The number of carbonyl (C=O) groups excluding carboxylic acids is 1. The summed E-state index contributed by atoms with van der Waals surface area (Å²) in [6.07, 6.45) is 9.97.